The normalized spacial score (nSPS) is 10.3. The summed E-state index contributed by atoms with van der Waals surface area (Å²) in [6.07, 6.45) is 0. The Balaban J connectivity index is 1.71. The number of rotatable bonds is 7. The first kappa shape index (κ1) is 20.1. The zero-order valence-electron chi connectivity index (χ0n) is 15.3. The summed E-state index contributed by atoms with van der Waals surface area (Å²) in [4.78, 5) is 26.6. The van der Waals surface area contributed by atoms with Crippen molar-refractivity contribution in [1.82, 2.24) is 4.98 Å². The van der Waals surface area contributed by atoms with Crippen LogP contribution >= 0.6 is 11.6 Å². The lowest BCUT2D eigenvalue weighted by Crippen LogP contribution is -2.21. The van der Waals surface area contributed by atoms with Gasteiger partial charge in [-0.15, -0.1) is 0 Å². The topological polar surface area (TPSA) is 104 Å². The van der Waals surface area contributed by atoms with Crippen molar-refractivity contribution in [2.75, 3.05) is 11.9 Å². The number of aromatic nitrogens is 1. The fraction of sp³-hybridized carbons (Fsp3) is 0.100. The van der Waals surface area contributed by atoms with Crippen LogP contribution in [0.3, 0.4) is 0 Å². The first-order chi connectivity index (χ1) is 13.9. The van der Waals surface area contributed by atoms with Crippen LogP contribution in [0.25, 0.3) is 0 Å². The number of carbonyl (C=O) groups excluding carboxylic acids is 1. The van der Waals surface area contributed by atoms with Gasteiger partial charge in [0, 0.05) is 11.9 Å². The van der Waals surface area contributed by atoms with Crippen LogP contribution < -0.4 is 14.8 Å². The van der Waals surface area contributed by atoms with Crippen molar-refractivity contribution in [3.63, 3.8) is 0 Å². The maximum absolute atomic E-state index is 12.3. The Morgan fingerprint density at radius 1 is 1.14 bits per heavy atom. The standard InChI is InChI=1S/C20H16ClN3O5/c1-13-7-9-18(20(22-13)24(26)27)28-12-19(25)23-16-11-14(21)8-10-17(16)29-15-5-3-2-4-6-15/h2-11H,12H2,1H3,(H,23,25). The lowest BCUT2D eigenvalue weighted by Gasteiger charge is -2.13. The molecule has 0 saturated heterocycles. The van der Waals surface area contributed by atoms with Gasteiger partial charge in [-0.1, -0.05) is 29.8 Å². The second-order valence-electron chi connectivity index (χ2n) is 5.92. The highest BCUT2D eigenvalue weighted by molar-refractivity contribution is 6.31. The van der Waals surface area contributed by atoms with Crippen molar-refractivity contribution >= 4 is 29.0 Å². The van der Waals surface area contributed by atoms with Crippen molar-refractivity contribution in [3.05, 3.63) is 81.5 Å². The molecule has 9 heteroatoms. The van der Waals surface area contributed by atoms with E-state index in [2.05, 4.69) is 10.3 Å². The van der Waals surface area contributed by atoms with E-state index in [0.717, 1.165) is 0 Å². The predicted octanol–water partition coefficient (Wildman–Crippen LogP) is 4.76. The van der Waals surface area contributed by atoms with E-state index in [9.17, 15) is 14.9 Å². The molecule has 0 saturated carbocycles. The highest BCUT2D eigenvalue weighted by Crippen LogP contribution is 2.32. The minimum Gasteiger partial charge on any atom is -0.476 e. The Morgan fingerprint density at radius 3 is 2.59 bits per heavy atom. The number of hydrogen-bond acceptors (Lipinski definition) is 6. The molecule has 0 aliphatic carbocycles. The lowest BCUT2D eigenvalue weighted by atomic mass is 10.2. The van der Waals surface area contributed by atoms with Gasteiger partial charge in [-0.05, 0) is 52.4 Å². The van der Waals surface area contributed by atoms with E-state index in [0.29, 0.717) is 27.9 Å². The summed E-state index contributed by atoms with van der Waals surface area (Å²) in [7, 11) is 0. The molecule has 0 aliphatic rings. The maximum Gasteiger partial charge on any atom is 0.406 e. The molecule has 0 aliphatic heterocycles. The number of benzene rings is 2. The van der Waals surface area contributed by atoms with Crippen molar-refractivity contribution in [3.8, 4) is 17.2 Å². The minimum atomic E-state index is -0.664. The SMILES string of the molecule is Cc1ccc(OCC(=O)Nc2cc(Cl)ccc2Oc2ccccc2)c([N+](=O)[O-])n1. The molecule has 3 aromatic rings. The number of nitrogens with zero attached hydrogens (tertiary/aromatic N) is 2. The fourth-order valence-electron chi connectivity index (χ4n) is 2.41. The Morgan fingerprint density at radius 2 is 1.86 bits per heavy atom. The zero-order valence-corrected chi connectivity index (χ0v) is 16.1. The molecular weight excluding hydrogens is 398 g/mol. The first-order valence-electron chi connectivity index (χ1n) is 8.49. The van der Waals surface area contributed by atoms with E-state index >= 15 is 0 Å². The quantitative estimate of drug-likeness (QED) is 0.442. The number of hydrogen-bond donors (Lipinski definition) is 1. The summed E-state index contributed by atoms with van der Waals surface area (Å²) >= 11 is 6.03. The smallest absolute Gasteiger partial charge is 0.406 e. The highest BCUT2D eigenvalue weighted by Gasteiger charge is 2.19. The molecule has 0 spiro atoms. The summed E-state index contributed by atoms with van der Waals surface area (Å²) < 4.78 is 11.1. The van der Waals surface area contributed by atoms with E-state index < -0.39 is 23.3 Å². The van der Waals surface area contributed by atoms with Crippen LogP contribution in [0.2, 0.25) is 5.02 Å². The van der Waals surface area contributed by atoms with Gasteiger partial charge in [0.25, 0.3) is 5.91 Å². The van der Waals surface area contributed by atoms with Crippen LogP contribution in [-0.4, -0.2) is 22.4 Å². The fourth-order valence-corrected chi connectivity index (χ4v) is 2.58. The van der Waals surface area contributed by atoms with Crippen molar-refractivity contribution < 1.29 is 19.2 Å². The van der Waals surface area contributed by atoms with Gasteiger partial charge in [0.2, 0.25) is 5.75 Å². The van der Waals surface area contributed by atoms with Crippen LogP contribution in [0.1, 0.15) is 5.69 Å². The van der Waals surface area contributed by atoms with E-state index in [4.69, 9.17) is 21.1 Å². The van der Waals surface area contributed by atoms with Gasteiger partial charge in [-0.3, -0.25) is 4.79 Å². The summed E-state index contributed by atoms with van der Waals surface area (Å²) in [6.45, 7) is 1.17. The lowest BCUT2D eigenvalue weighted by molar-refractivity contribution is -0.390. The molecule has 1 N–H and O–H groups in total. The zero-order chi connectivity index (χ0) is 20.8. The molecule has 0 fully saturated rings. The van der Waals surface area contributed by atoms with Crippen LogP contribution in [0, 0.1) is 17.0 Å². The third-order valence-electron chi connectivity index (χ3n) is 3.70. The number of carbonyl (C=O) groups is 1. The molecule has 3 rings (SSSR count). The molecule has 2 aromatic carbocycles. The Labute approximate surface area is 171 Å². The molecule has 1 heterocycles. The average molecular weight is 414 g/mol. The van der Waals surface area contributed by atoms with Crippen molar-refractivity contribution in [1.29, 1.82) is 0 Å². The van der Waals surface area contributed by atoms with Gasteiger partial charge in [0.1, 0.15) is 11.4 Å². The summed E-state index contributed by atoms with van der Waals surface area (Å²) in [5.74, 6) is -0.115. The number of nitrogens with one attached hydrogen (secondary N) is 1. The Kier molecular flexibility index (Phi) is 6.25. The molecule has 0 radical (unpaired) electrons. The number of aryl methyl sites for hydroxylation is 1. The largest absolute Gasteiger partial charge is 0.476 e. The molecule has 0 bridgehead atoms. The summed E-state index contributed by atoms with van der Waals surface area (Å²) in [5.41, 5.74) is 0.807. The van der Waals surface area contributed by atoms with Crippen LogP contribution in [0.5, 0.6) is 17.2 Å². The third kappa shape index (κ3) is 5.43. The van der Waals surface area contributed by atoms with Crippen LogP contribution in [-0.2, 0) is 4.79 Å². The Hall–Kier alpha value is -3.65. The van der Waals surface area contributed by atoms with Gasteiger partial charge in [-0.2, -0.15) is 0 Å². The first-order valence-corrected chi connectivity index (χ1v) is 8.87. The molecule has 1 amide bonds. The van der Waals surface area contributed by atoms with Crippen molar-refractivity contribution in [2.45, 2.75) is 6.92 Å². The molecule has 148 valence electrons. The van der Waals surface area contributed by atoms with Crippen LogP contribution in [0.15, 0.2) is 60.7 Å². The Bertz CT molecular complexity index is 1040. The molecule has 1 aromatic heterocycles. The second-order valence-corrected chi connectivity index (χ2v) is 6.36. The van der Waals surface area contributed by atoms with Gasteiger partial charge >= 0.3 is 5.82 Å². The van der Waals surface area contributed by atoms with Crippen LogP contribution in [0.4, 0.5) is 11.5 Å². The molecule has 0 atom stereocenters. The minimum absolute atomic E-state index is 0.0948. The maximum atomic E-state index is 12.3. The number of para-hydroxylation sites is 1. The number of anilines is 1. The monoisotopic (exact) mass is 413 g/mol. The molecule has 0 unspecified atom stereocenters. The van der Waals surface area contributed by atoms with Crippen molar-refractivity contribution in [2.24, 2.45) is 0 Å². The third-order valence-corrected chi connectivity index (χ3v) is 3.93. The van der Waals surface area contributed by atoms with Gasteiger partial charge < -0.3 is 24.9 Å². The number of amides is 1. The van der Waals surface area contributed by atoms with Gasteiger partial charge in [0.15, 0.2) is 12.4 Å². The van der Waals surface area contributed by atoms with E-state index in [-0.39, 0.29) is 5.75 Å². The molecule has 8 nitrogen and oxygen atoms in total. The average Bonchev–Trinajstić information content (AvgIpc) is 2.70. The van der Waals surface area contributed by atoms with E-state index in [1.807, 2.05) is 18.2 Å². The van der Waals surface area contributed by atoms with Gasteiger partial charge in [-0.25, -0.2) is 0 Å². The molecule has 29 heavy (non-hydrogen) atoms. The predicted molar refractivity (Wildman–Crippen MR) is 108 cm³/mol. The number of pyridine rings is 1. The number of nitro groups is 1. The highest BCUT2D eigenvalue weighted by atomic mass is 35.5. The van der Waals surface area contributed by atoms with E-state index in [1.165, 1.54) is 12.1 Å². The number of halogens is 1. The second kappa shape index (κ2) is 9.03. The van der Waals surface area contributed by atoms with Gasteiger partial charge in [0.05, 0.1) is 5.69 Å². The molecular formula is C20H16ClN3O5. The number of ether oxygens (including phenoxy) is 2. The summed E-state index contributed by atoms with van der Waals surface area (Å²) in [5, 5.41) is 14.1. The van der Waals surface area contributed by atoms with E-state index in [1.54, 1.807) is 37.3 Å². The summed E-state index contributed by atoms with van der Waals surface area (Å²) in [6, 6.07) is 16.8.